The smallest absolute Gasteiger partial charge is 0.214 e. The van der Waals surface area contributed by atoms with E-state index in [1.807, 2.05) is 61.6 Å². The van der Waals surface area contributed by atoms with Gasteiger partial charge in [0.05, 0.1) is 5.69 Å². The number of anilines is 1. The van der Waals surface area contributed by atoms with Crippen molar-refractivity contribution < 1.29 is 9.53 Å². The van der Waals surface area contributed by atoms with Crippen LogP contribution in [0.2, 0.25) is 0 Å². The number of benzene rings is 2. The van der Waals surface area contributed by atoms with Crippen LogP contribution in [0.5, 0.6) is 5.88 Å². The molecule has 0 saturated carbocycles. The van der Waals surface area contributed by atoms with Gasteiger partial charge in [-0.1, -0.05) is 42.5 Å². The minimum Gasteiger partial charge on any atom is -0.473 e. The number of aryl methyl sites for hydroxylation is 1. The Morgan fingerprint density at radius 1 is 1.04 bits per heavy atom. The molecule has 0 atom stereocenters. The summed E-state index contributed by atoms with van der Waals surface area (Å²) in [5.41, 5.74) is 5.81. The largest absolute Gasteiger partial charge is 0.473 e. The summed E-state index contributed by atoms with van der Waals surface area (Å²) in [4.78, 5) is 16.0. The number of ether oxygens (including phenoxy) is 1. The molecule has 1 aromatic heterocycles. The van der Waals surface area contributed by atoms with Crippen molar-refractivity contribution in [1.29, 1.82) is 0 Å². The first-order valence-corrected chi connectivity index (χ1v) is 8.56. The summed E-state index contributed by atoms with van der Waals surface area (Å²) in [7, 11) is 1.90. The third-order valence-electron chi connectivity index (χ3n) is 4.35. The van der Waals surface area contributed by atoms with Gasteiger partial charge in [0.15, 0.2) is 5.78 Å². The third-order valence-corrected chi connectivity index (χ3v) is 4.35. The van der Waals surface area contributed by atoms with Gasteiger partial charge in [0.25, 0.3) is 0 Å². The summed E-state index contributed by atoms with van der Waals surface area (Å²) >= 11 is 0. The zero-order chi connectivity index (χ0) is 18.5. The molecule has 1 N–H and O–H groups in total. The van der Waals surface area contributed by atoms with Gasteiger partial charge in [-0.15, -0.1) is 0 Å². The highest BCUT2D eigenvalue weighted by Gasteiger charge is 2.07. The van der Waals surface area contributed by atoms with Crippen molar-refractivity contribution in [2.75, 3.05) is 12.4 Å². The first kappa shape index (κ1) is 17.7. The molecular weight excluding hydrogens is 324 g/mol. The lowest BCUT2D eigenvalue weighted by Crippen LogP contribution is -2.04. The van der Waals surface area contributed by atoms with Crippen LogP contribution in [0.25, 0.3) is 11.3 Å². The number of hydrogen-bond donors (Lipinski definition) is 1. The molecule has 1 heterocycles. The fraction of sp³-hybridized carbons (Fsp3) is 0.182. The molecule has 0 saturated heterocycles. The summed E-state index contributed by atoms with van der Waals surface area (Å²) in [5, 5.41) is 3.20. The molecule has 0 amide bonds. The van der Waals surface area contributed by atoms with Crippen molar-refractivity contribution in [1.82, 2.24) is 4.98 Å². The Balaban J connectivity index is 1.79. The standard InChI is InChI=1S/C22H22N2O2/c1-15-6-4-8-21(23-3)19(15)14-26-22-9-5-7-20(24-22)18-12-10-17(11-13-18)16(2)25/h4-13,23H,14H2,1-3H3. The number of ketones is 1. The Morgan fingerprint density at radius 3 is 2.46 bits per heavy atom. The summed E-state index contributed by atoms with van der Waals surface area (Å²) in [5.74, 6) is 0.628. The summed E-state index contributed by atoms with van der Waals surface area (Å²) in [6.45, 7) is 4.08. The van der Waals surface area contributed by atoms with Crippen molar-refractivity contribution in [2.24, 2.45) is 0 Å². The molecule has 0 unspecified atom stereocenters. The molecule has 2 aromatic carbocycles. The molecule has 3 rings (SSSR count). The number of Topliss-reactive ketones (excluding diaryl/α,β-unsaturated/α-hetero) is 1. The van der Waals surface area contributed by atoms with Gasteiger partial charge in [0, 0.05) is 35.5 Å². The normalized spacial score (nSPS) is 10.4. The summed E-state index contributed by atoms with van der Waals surface area (Å²) in [6, 6.07) is 19.3. The van der Waals surface area contributed by atoms with E-state index in [9.17, 15) is 4.79 Å². The van der Waals surface area contributed by atoms with E-state index in [0.717, 1.165) is 22.5 Å². The zero-order valence-corrected chi connectivity index (χ0v) is 15.2. The Morgan fingerprint density at radius 2 is 1.77 bits per heavy atom. The molecule has 4 heteroatoms. The quantitative estimate of drug-likeness (QED) is 0.646. The van der Waals surface area contributed by atoms with E-state index in [0.29, 0.717) is 18.1 Å². The van der Waals surface area contributed by atoms with Crippen LogP contribution in [0.4, 0.5) is 5.69 Å². The molecule has 0 aliphatic carbocycles. The fourth-order valence-corrected chi connectivity index (χ4v) is 2.81. The number of nitrogens with zero attached hydrogens (tertiary/aromatic N) is 1. The third kappa shape index (κ3) is 3.91. The van der Waals surface area contributed by atoms with E-state index in [4.69, 9.17) is 4.74 Å². The highest BCUT2D eigenvalue weighted by Crippen LogP contribution is 2.23. The van der Waals surface area contributed by atoms with Crippen LogP contribution in [0.3, 0.4) is 0 Å². The minimum absolute atomic E-state index is 0.0557. The van der Waals surface area contributed by atoms with E-state index in [1.165, 1.54) is 5.56 Å². The number of hydrogen-bond acceptors (Lipinski definition) is 4. The maximum Gasteiger partial charge on any atom is 0.214 e. The van der Waals surface area contributed by atoms with Gasteiger partial charge in [-0.3, -0.25) is 4.79 Å². The Bertz CT molecular complexity index is 918. The lowest BCUT2D eigenvalue weighted by molar-refractivity contribution is 0.101. The van der Waals surface area contributed by atoms with Crippen LogP contribution in [-0.4, -0.2) is 17.8 Å². The second kappa shape index (κ2) is 7.83. The number of aromatic nitrogens is 1. The predicted molar refractivity (Wildman–Crippen MR) is 105 cm³/mol. The average Bonchev–Trinajstić information content (AvgIpc) is 2.67. The zero-order valence-electron chi connectivity index (χ0n) is 15.2. The monoisotopic (exact) mass is 346 g/mol. The number of rotatable bonds is 6. The number of nitrogens with one attached hydrogen (secondary N) is 1. The molecule has 26 heavy (non-hydrogen) atoms. The van der Waals surface area contributed by atoms with Crippen LogP contribution in [0.15, 0.2) is 60.7 Å². The highest BCUT2D eigenvalue weighted by molar-refractivity contribution is 5.94. The Kier molecular flexibility index (Phi) is 5.32. The molecule has 0 fully saturated rings. The lowest BCUT2D eigenvalue weighted by Gasteiger charge is -2.13. The van der Waals surface area contributed by atoms with Crippen molar-refractivity contribution >= 4 is 11.5 Å². The van der Waals surface area contributed by atoms with Crippen molar-refractivity contribution in [3.63, 3.8) is 0 Å². The molecule has 132 valence electrons. The van der Waals surface area contributed by atoms with E-state index in [-0.39, 0.29) is 5.78 Å². The lowest BCUT2D eigenvalue weighted by atomic mass is 10.1. The first-order valence-electron chi connectivity index (χ1n) is 8.56. The van der Waals surface area contributed by atoms with Crippen LogP contribution < -0.4 is 10.1 Å². The summed E-state index contributed by atoms with van der Waals surface area (Å²) in [6.07, 6.45) is 0. The van der Waals surface area contributed by atoms with E-state index in [1.54, 1.807) is 6.92 Å². The Hall–Kier alpha value is -3.14. The molecule has 0 aliphatic rings. The van der Waals surface area contributed by atoms with Gasteiger partial charge in [-0.05, 0) is 31.5 Å². The molecule has 0 aliphatic heterocycles. The molecular formula is C22H22N2O2. The van der Waals surface area contributed by atoms with Crippen molar-refractivity contribution in [3.05, 3.63) is 77.4 Å². The van der Waals surface area contributed by atoms with E-state index < -0.39 is 0 Å². The maximum atomic E-state index is 11.4. The second-order valence-electron chi connectivity index (χ2n) is 6.13. The topological polar surface area (TPSA) is 51.2 Å². The summed E-state index contributed by atoms with van der Waals surface area (Å²) < 4.78 is 5.93. The maximum absolute atomic E-state index is 11.4. The van der Waals surface area contributed by atoms with Gasteiger partial charge >= 0.3 is 0 Å². The number of carbonyl (C=O) groups is 1. The van der Waals surface area contributed by atoms with Crippen molar-refractivity contribution in [2.45, 2.75) is 20.5 Å². The van der Waals surface area contributed by atoms with Crippen molar-refractivity contribution in [3.8, 4) is 17.1 Å². The molecule has 0 spiro atoms. The van der Waals surface area contributed by atoms with Gasteiger partial charge in [0.1, 0.15) is 6.61 Å². The van der Waals surface area contributed by atoms with Gasteiger partial charge in [0.2, 0.25) is 5.88 Å². The van der Waals surface area contributed by atoms with Gasteiger partial charge in [-0.2, -0.15) is 0 Å². The fourth-order valence-electron chi connectivity index (χ4n) is 2.81. The van der Waals surface area contributed by atoms with Crippen LogP contribution in [0, 0.1) is 6.92 Å². The predicted octanol–water partition coefficient (Wildman–Crippen LogP) is 4.88. The molecule has 3 aromatic rings. The number of pyridine rings is 1. The Labute approximate surface area is 153 Å². The first-order chi connectivity index (χ1) is 12.6. The van der Waals surface area contributed by atoms with E-state index >= 15 is 0 Å². The second-order valence-corrected chi connectivity index (χ2v) is 6.13. The van der Waals surface area contributed by atoms with Gasteiger partial charge < -0.3 is 10.1 Å². The SMILES string of the molecule is CNc1cccc(C)c1COc1cccc(-c2ccc(C(C)=O)cc2)n1. The molecule has 0 radical (unpaired) electrons. The van der Waals surface area contributed by atoms with E-state index in [2.05, 4.69) is 23.3 Å². The van der Waals surface area contributed by atoms with Crippen LogP contribution >= 0.6 is 0 Å². The molecule has 4 nitrogen and oxygen atoms in total. The van der Waals surface area contributed by atoms with Gasteiger partial charge in [-0.25, -0.2) is 4.98 Å². The number of carbonyl (C=O) groups excluding carboxylic acids is 1. The molecule has 0 bridgehead atoms. The highest BCUT2D eigenvalue weighted by atomic mass is 16.5. The minimum atomic E-state index is 0.0557. The average molecular weight is 346 g/mol. The van der Waals surface area contributed by atoms with Crippen LogP contribution in [0.1, 0.15) is 28.4 Å². The van der Waals surface area contributed by atoms with Crippen LogP contribution in [-0.2, 0) is 6.61 Å².